The van der Waals surface area contributed by atoms with Crippen molar-refractivity contribution in [2.24, 2.45) is 0 Å². The smallest absolute Gasteiger partial charge is 0.263 e. The van der Waals surface area contributed by atoms with Crippen molar-refractivity contribution in [1.29, 1.82) is 0 Å². The van der Waals surface area contributed by atoms with Crippen LogP contribution in [0.3, 0.4) is 0 Å². The van der Waals surface area contributed by atoms with E-state index in [4.69, 9.17) is 17.3 Å². The molecule has 4 nitrogen and oxygen atoms in total. The van der Waals surface area contributed by atoms with E-state index in [9.17, 15) is 8.42 Å². The van der Waals surface area contributed by atoms with Crippen molar-refractivity contribution in [3.63, 3.8) is 0 Å². The van der Waals surface area contributed by atoms with E-state index in [2.05, 4.69) is 43.2 Å². The van der Waals surface area contributed by atoms with Gasteiger partial charge in [0.15, 0.2) is 0 Å². The Morgan fingerprint density at radius 1 is 1.25 bits per heavy atom. The van der Waals surface area contributed by atoms with Gasteiger partial charge in [0.2, 0.25) is 0 Å². The van der Waals surface area contributed by atoms with Crippen LogP contribution in [0.2, 0.25) is 5.02 Å². The molecule has 0 spiro atoms. The SMILES string of the molecule is Nc1cc(Cl)cc(S(=O)(=O)Nc2cccc(I)c2)c1Br. The van der Waals surface area contributed by atoms with Crippen LogP contribution in [0.1, 0.15) is 0 Å². The summed E-state index contributed by atoms with van der Waals surface area (Å²) in [6, 6.07) is 9.85. The zero-order valence-corrected chi connectivity index (χ0v) is 15.2. The number of benzene rings is 2. The number of anilines is 2. The van der Waals surface area contributed by atoms with E-state index in [0.29, 0.717) is 10.2 Å². The summed E-state index contributed by atoms with van der Waals surface area (Å²) in [5, 5.41) is 0.258. The van der Waals surface area contributed by atoms with Crippen LogP contribution in [0.5, 0.6) is 0 Å². The number of hydrogen-bond acceptors (Lipinski definition) is 3. The molecule has 8 heteroatoms. The second kappa shape index (κ2) is 6.08. The van der Waals surface area contributed by atoms with Gasteiger partial charge >= 0.3 is 0 Å². The predicted octanol–water partition coefficient (Wildman–Crippen LogP) is 4.09. The van der Waals surface area contributed by atoms with Crippen LogP contribution in [0.25, 0.3) is 0 Å². The normalized spacial score (nSPS) is 11.3. The lowest BCUT2D eigenvalue weighted by Crippen LogP contribution is -2.14. The van der Waals surface area contributed by atoms with E-state index < -0.39 is 10.0 Å². The Morgan fingerprint density at radius 2 is 1.95 bits per heavy atom. The van der Waals surface area contributed by atoms with Crippen LogP contribution >= 0.6 is 50.1 Å². The first-order valence-electron chi connectivity index (χ1n) is 5.32. The van der Waals surface area contributed by atoms with Crippen LogP contribution in [-0.4, -0.2) is 8.42 Å². The summed E-state index contributed by atoms with van der Waals surface area (Å²) in [7, 11) is -3.77. The molecule has 20 heavy (non-hydrogen) atoms. The van der Waals surface area contributed by atoms with Gasteiger partial charge < -0.3 is 5.73 Å². The average molecular weight is 488 g/mol. The highest BCUT2D eigenvalue weighted by Crippen LogP contribution is 2.32. The summed E-state index contributed by atoms with van der Waals surface area (Å²) < 4.78 is 28.5. The van der Waals surface area contributed by atoms with E-state index in [0.717, 1.165) is 3.57 Å². The molecule has 0 aliphatic heterocycles. The quantitative estimate of drug-likeness (QED) is 0.506. The number of hydrogen-bond donors (Lipinski definition) is 2. The van der Waals surface area contributed by atoms with Crippen molar-refractivity contribution >= 4 is 71.5 Å². The summed E-state index contributed by atoms with van der Waals surface area (Å²) in [6.45, 7) is 0. The molecule has 2 rings (SSSR count). The molecule has 0 saturated carbocycles. The van der Waals surface area contributed by atoms with Crippen LogP contribution in [0.15, 0.2) is 45.8 Å². The average Bonchev–Trinajstić information content (AvgIpc) is 2.33. The number of sulfonamides is 1. The summed E-state index contributed by atoms with van der Waals surface area (Å²) in [5.74, 6) is 0. The molecule has 3 N–H and O–H groups in total. The highest BCUT2D eigenvalue weighted by atomic mass is 127. The van der Waals surface area contributed by atoms with Crippen molar-refractivity contribution in [3.05, 3.63) is 49.5 Å². The molecule has 0 saturated heterocycles. The van der Waals surface area contributed by atoms with Gasteiger partial charge in [0.1, 0.15) is 4.90 Å². The van der Waals surface area contributed by atoms with Gasteiger partial charge in [-0.05, 0) is 68.9 Å². The Morgan fingerprint density at radius 3 is 2.60 bits per heavy atom. The van der Waals surface area contributed by atoms with Gasteiger partial charge in [0, 0.05) is 20.0 Å². The van der Waals surface area contributed by atoms with E-state index >= 15 is 0 Å². The van der Waals surface area contributed by atoms with E-state index in [1.807, 2.05) is 6.07 Å². The Labute approximate surface area is 144 Å². The number of halogens is 3. The summed E-state index contributed by atoms with van der Waals surface area (Å²) in [5.41, 5.74) is 6.45. The van der Waals surface area contributed by atoms with Gasteiger partial charge in [-0.15, -0.1) is 0 Å². The zero-order valence-electron chi connectivity index (χ0n) is 9.90. The van der Waals surface area contributed by atoms with Gasteiger partial charge in [0.05, 0.1) is 4.47 Å². The molecule has 0 unspecified atom stereocenters. The van der Waals surface area contributed by atoms with E-state index in [1.165, 1.54) is 12.1 Å². The minimum atomic E-state index is -3.77. The fourth-order valence-electron chi connectivity index (χ4n) is 1.54. The van der Waals surface area contributed by atoms with Crippen LogP contribution in [0.4, 0.5) is 11.4 Å². The molecule has 0 heterocycles. The summed E-state index contributed by atoms with van der Waals surface area (Å²) >= 11 is 11.1. The topological polar surface area (TPSA) is 72.2 Å². The summed E-state index contributed by atoms with van der Waals surface area (Å²) in [4.78, 5) is 0.00126. The standard InChI is InChI=1S/C12H9BrClIN2O2S/c13-12-10(16)4-7(14)5-11(12)20(18,19)17-9-3-1-2-8(15)6-9/h1-6,17H,16H2. The van der Waals surface area contributed by atoms with Crippen LogP contribution in [-0.2, 0) is 10.0 Å². The molecule has 0 radical (unpaired) electrons. The first-order valence-corrected chi connectivity index (χ1v) is 9.06. The monoisotopic (exact) mass is 486 g/mol. The molecule has 106 valence electrons. The highest BCUT2D eigenvalue weighted by Gasteiger charge is 2.20. The van der Waals surface area contributed by atoms with Crippen LogP contribution < -0.4 is 10.5 Å². The second-order valence-electron chi connectivity index (χ2n) is 3.92. The van der Waals surface area contributed by atoms with E-state index in [1.54, 1.807) is 18.2 Å². The van der Waals surface area contributed by atoms with Gasteiger partial charge in [0.25, 0.3) is 10.0 Å². The minimum Gasteiger partial charge on any atom is -0.398 e. The molecule has 0 fully saturated rings. The van der Waals surface area contributed by atoms with Gasteiger partial charge in [-0.2, -0.15) is 0 Å². The zero-order chi connectivity index (χ0) is 14.9. The minimum absolute atomic E-state index is 0.00126. The van der Waals surface area contributed by atoms with Crippen molar-refractivity contribution in [2.75, 3.05) is 10.5 Å². The lowest BCUT2D eigenvalue weighted by atomic mass is 10.3. The largest absolute Gasteiger partial charge is 0.398 e. The maximum atomic E-state index is 12.4. The number of nitrogen functional groups attached to an aromatic ring is 1. The lowest BCUT2D eigenvalue weighted by Gasteiger charge is -2.11. The highest BCUT2D eigenvalue weighted by molar-refractivity contribution is 14.1. The van der Waals surface area contributed by atoms with Crippen molar-refractivity contribution in [2.45, 2.75) is 4.90 Å². The van der Waals surface area contributed by atoms with Crippen molar-refractivity contribution < 1.29 is 8.42 Å². The molecule has 2 aromatic carbocycles. The fourth-order valence-corrected chi connectivity index (χ4v) is 4.43. The third kappa shape index (κ3) is 3.57. The van der Waals surface area contributed by atoms with Gasteiger partial charge in [-0.25, -0.2) is 8.42 Å². The molecule has 0 amide bonds. The molecule has 0 aliphatic carbocycles. The first-order chi connectivity index (χ1) is 9.29. The van der Waals surface area contributed by atoms with Crippen LogP contribution in [0, 0.1) is 3.57 Å². The molecule has 0 atom stereocenters. The number of nitrogens with one attached hydrogen (secondary N) is 1. The van der Waals surface area contributed by atoms with Gasteiger partial charge in [-0.1, -0.05) is 17.7 Å². The molecule has 0 aromatic heterocycles. The van der Waals surface area contributed by atoms with E-state index in [-0.39, 0.29) is 15.6 Å². The van der Waals surface area contributed by atoms with Crippen molar-refractivity contribution in [1.82, 2.24) is 0 Å². The number of nitrogens with two attached hydrogens (primary N) is 1. The molecule has 0 aliphatic rings. The summed E-state index contributed by atoms with van der Waals surface area (Å²) in [6.07, 6.45) is 0. The van der Waals surface area contributed by atoms with Gasteiger partial charge in [-0.3, -0.25) is 4.72 Å². The molecular formula is C12H9BrClIN2O2S. The Hall–Kier alpha value is -0.510. The number of rotatable bonds is 3. The Kier molecular flexibility index (Phi) is 4.83. The third-order valence-corrected chi connectivity index (χ3v) is 5.84. The Balaban J connectivity index is 2.46. The second-order valence-corrected chi connectivity index (χ2v) is 8.05. The Bertz CT molecular complexity index is 768. The fraction of sp³-hybridized carbons (Fsp3) is 0. The third-order valence-electron chi connectivity index (χ3n) is 2.40. The lowest BCUT2D eigenvalue weighted by molar-refractivity contribution is 0.601. The molecular weight excluding hydrogens is 478 g/mol. The molecule has 0 bridgehead atoms. The first kappa shape index (κ1) is 15.9. The molecule has 2 aromatic rings. The van der Waals surface area contributed by atoms with Crippen molar-refractivity contribution in [3.8, 4) is 0 Å². The maximum Gasteiger partial charge on any atom is 0.263 e. The maximum absolute atomic E-state index is 12.4. The predicted molar refractivity (Wildman–Crippen MR) is 93.5 cm³/mol.